The van der Waals surface area contributed by atoms with E-state index in [9.17, 15) is 18.8 Å². The first-order chi connectivity index (χ1) is 20.9. The van der Waals surface area contributed by atoms with Crippen LogP contribution in [-0.2, 0) is 23.1 Å². The van der Waals surface area contributed by atoms with Crippen LogP contribution in [0.25, 0.3) is 11.4 Å². The van der Waals surface area contributed by atoms with E-state index in [0.29, 0.717) is 37.7 Å². The van der Waals surface area contributed by atoms with Crippen molar-refractivity contribution in [2.75, 3.05) is 31.5 Å². The molecule has 12 heteroatoms. The van der Waals surface area contributed by atoms with Crippen molar-refractivity contribution in [3.05, 3.63) is 59.9 Å². The van der Waals surface area contributed by atoms with Crippen LogP contribution in [0.1, 0.15) is 50.5 Å². The number of hydrogen-bond donors (Lipinski definition) is 2. The average Bonchev–Trinajstić information content (AvgIpc) is 3.25. The number of carbonyl (C=O) groups is 3. The molecule has 3 heterocycles. The first kappa shape index (κ1) is 30.1. The predicted molar refractivity (Wildman–Crippen MR) is 159 cm³/mol. The van der Waals surface area contributed by atoms with E-state index in [1.54, 1.807) is 47.2 Å². The molecule has 0 aliphatic carbocycles. The summed E-state index contributed by atoms with van der Waals surface area (Å²) >= 11 is 0. The summed E-state index contributed by atoms with van der Waals surface area (Å²) < 4.78 is 14.9. The minimum absolute atomic E-state index is 0.114. The summed E-state index contributed by atoms with van der Waals surface area (Å²) in [6, 6.07) is 12.0. The summed E-state index contributed by atoms with van der Waals surface area (Å²) in [6.45, 7) is 2.41. The monoisotopic (exact) mass is 590 g/mol. The standard InChI is InChI=1S/C31H39FN8O3/c1-38-29(35-36-37-38)24-9-6-10-26(19-24)33-31(43)34-27(30(42)39-15-4-2-3-5-16-39)20-28(41)40-17-7-8-23(21-40)18-22-11-13-25(32)14-12-22/h6,9-14,19,23,27H,2-5,7-8,15-18,20-21H2,1H3,(H2,33,34,43). The second-order valence-corrected chi connectivity index (χ2v) is 11.5. The topological polar surface area (TPSA) is 125 Å². The Morgan fingerprint density at radius 3 is 2.44 bits per heavy atom. The van der Waals surface area contributed by atoms with Crippen molar-refractivity contribution in [2.45, 2.75) is 57.4 Å². The number of amides is 4. The van der Waals surface area contributed by atoms with E-state index in [4.69, 9.17) is 0 Å². The number of hydrogen-bond acceptors (Lipinski definition) is 6. The lowest BCUT2D eigenvalue weighted by Gasteiger charge is -2.34. The molecule has 0 saturated carbocycles. The zero-order valence-corrected chi connectivity index (χ0v) is 24.5. The molecule has 2 fully saturated rings. The second-order valence-electron chi connectivity index (χ2n) is 11.5. The van der Waals surface area contributed by atoms with E-state index >= 15 is 0 Å². The molecule has 3 aromatic rings. The third-order valence-electron chi connectivity index (χ3n) is 8.21. The van der Waals surface area contributed by atoms with Crippen LogP contribution in [0, 0.1) is 11.7 Å². The molecule has 0 radical (unpaired) electrons. The molecule has 228 valence electrons. The van der Waals surface area contributed by atoms with Crippen molar-refractivity contribution in [3.8, 4) is 11.4 Å². The SMILES string of the molecule is Cn1nnnc1-c1cccc(NC(=O)NC(CC(=O)N2CCCC(Cc3ccc(F)cc3)C2)C(=O)N2CCCCCC2)c1. The molecule has 2 atom stereocenters. The molecule has 2 aliphatic heterocycles. The van der Waals surface area contributed by atoms with Gasteiger partial charge < -0.3 is 20.4 Å². The van der Waals surface area contributed by atoms with E-state index in [-0.39, 0.29) is 30.0 Å². The summed E-state index contributed by atoms with van der Waals surface area (Å²) in [5, 5.41) is 17.1. The molecule has 0 spiro atoms. The highest BCUT2D eigenvalue weighted by atomic mass is 19.1. The van der Waals surface area contributed by atoms with E-state index in [2.05, 4.69) is 26.2 Å². The first-order valence-electron chi connectivity index (χ1n) is 15.1. The number of nitrogens with zero attached hydrogens (tertiary/aromatic N) is 6. The van der Waals surface area contributed by atoms with Gasteiger partial charge >= 0.3 is 6.03 Å². The fourth-order valence-electron chi connectivity index (χ4n) is 5.96. The number of piperidine rings is 1. The van der Waals surface area contributed by atoms with Crippen molar-refractivity contribution >= 4 is 23.5 Å². The van der Waals surface area contributed by atoms with E-state index in [1.165, 1.54) is 16.8 Å². The molecule has 43 heavy (non-hydrogen) atoms. The van der Waals surface area contributed by atoms with Crippen molar-refractivity contribution in [2.24, 2.45) is 13.0 Å². The van der Waals surface area contributed by atoms with Crippen molar-refractivity contribution in [1.29, 1.82) is 0 Å². The molecule has 4 amide bonds. The van der Waals surface area contributed by atoms with Crippen LogP contribution in [-0.4, -0.2) is 80.1 Å². The van der Waals surface area contributed by atoms with Gasteiger partial charge in [-0.1, -0.05) is 37.1 Å². The number of likely N-dealkylation sites (tertiary alicyclic amines) is 2. The maximum Gasteiger partial charge on any atom is 0.319 e. The summed E-state index contributed by atoms with van der Waals surface area (Å²) in [5.41, 5.74) is 2.26. The second kappa shape index (κ2) is 14.2. The minimum Gasteiger partial charge on any atom is -0.342 e. The highest BCUT2D eigenvalue weighted by molar-refractivity contribution is 5.96. The van der Waals surface area contributed by atoms with Gasteiger partial charge in [0.1, 0.15) is 11.9 Å². The zero-order valence-electron chi connectivity index (χ0n) is 24.5. The molecule has 11 nitrogen and oxygen atoms in total. The van der Waals surface area contributed by atoms with Crippen LogP contribution >= 0.6 is 0 Å². The summed E-state index contributed by atoms with van der Waals surface area (Å²) in [4.78, 5) is 44.0. The summed E-state index contributed by atoms with van der Waals surface area (Å²) in [6.07, 6.45) is 6.39. The van der Waals surface area contributed by atoms with Crippen LogP contribution in [0.2, 0.25) is 0 Å². The van der Waals surface area contributed by atoms with Crippen LogP contribution < -0.4 is 10.6 Å². The third kappa shape index (κ3) is 8.14. The zero-order chi connectivity index (χ0) is 30.2. The van der Waals surface area contributed by atoms with Gasteiger partial charge in [-0.15, -0.1) is 5.10 Å². The van der Waals surface area contributed by atoms with Gasteiger partial charge in [0.25, 0.3) is 0 Å². The number of aromatic nitrogens is 4. The summed E-state index contributed by atoms with van der Waals surface area (Å²) in [5.74, 6) is 0.133. The average molecular weight is 591 g/mol. The normalized spacial score (nSPS) is 18.0. The number of carbonyl (C=O) groups excluding carboxylic acids is 3. The molecular weight excluding hydrogens is 551 g/mol. The molecule has 0 bridgehead atoms. The Kier molecular flexibility index (Phi) is 9.96. The molecular formula is C31H39FN8O3. The van der Waals surface area contributed by atoms with Crippen molar-refractivity contribution < 1.29 is 18.8 Å². The Morgan fingerprint density at radius 2 is 1.72 bits per heavy atom. The molecule has 2 N–H and O–H groups in total. The summed E-state index contributed by atoms with van der Waals surface area (Å²) in [7, 11) is 1.73. The molecule has 2 aliphatic rings. The van der Waals surface area contributed by atoms with Crippen LogP contribution in [0.3, 0.4) is 0 Å². The molecule has 2 aromatic carbocycles. The van der Waals surface area contributed by atoms with Crippen molar-refractivity contribution in [3.63, 3.8) is 0 Å². The smallest absolute Gasteiger partial charge is 0.319 e. The van der Waals surface area contributed by atoms with Gasteiger partial charge in [0, 0.05) is 44.5 Å². The van der Waals surface area contributed by atoms with Crippen LogP contribution in [0.4, 0.5) is 14.9 Å². The number of anilines is 1. The highest BCUT2D eigenvalue weighted by Gasteiger charge is 2.32. The van der Waals surface area contributed by atoms with Gasteiger partial charge in [0.05, 0.1) is 6.42 Å². The minimum atomic E-state index is -0.991. The van der Waals surface area contributed by atoms with Crippen LogP contribution in [0.5, 0.6) is 0 Å². The third-order valence-corrected chi connectivity index (χ3v) is 8.21. The maximum absolute atomic E-state index is 13.7. The Bertz CT molecular complexity index is 1400. The molecule has 5 rings (SSSR count). The van der Waals surface area contributed by atoms with E-state index < -0.39 is 12.1 Å². The predicted octanol–water partition coefficient (Wildman–Crippen LogP) is 3.78. The number of benzene rings is 2. The molecule has 2 unspecified atom stereocenters. The number of urea groups is 1. The number of rotatable bonds is 8. The maximum atomic E-state index is 13.7. The fourth-order valence-corrected chi connectivity index (χ4v) is 5.96. The number of aryl methyl sites for hydroxylation is 1. The molecule has 1 aromatic heterocycles. The quantitative estimate of drug-likeness (QED) is 0.412. The fraction of sp³-hybridized carbons (Fsp3) is 0.484. The molecule has 2 saturated heterocycles. The first-order valence-corrected chi connectivity index (χ1v) is 15.1. The lowest BCUT2D eigenvalue weighted by molar-refractivity contribution is -0.139. The Balaban J connectivity index is 1.25. The number of halogens is 1. The van der Waals surface area contributed by atoms with Gasteiger partial charge in [-0.2, -0.15) is 0 Å². The lowest BCUT2D eigenvalue weighted by atomic mass is 9.91. The van der Waals surface area contributed by atoms with E-state index in [1.807, 2.05) is 6.07 Å². The van der Waals surface area contributed by atoms with E-state index in [0.717, 1.165) is 56.1 Å². The van der Waals surface area contributed by atoms with Gasteiger partial charge in [-0.05, 0) is 78.3 Å². The lowest BCUT2D eigenvalue weighted by Crippen LogP contribution is -2.52. The number of nitrogens with one attached hydrogen (secondary N) is 2. The van der Waals surface area contributed by atoms with Gasteiger partial charge in [0.15, 0.2) is 5.82 Å². The Labute approximate surface area is 250 Å². The van der Waals surface area contributed by atoms with Crippen molar-refractivity contribution in [1.82, 2.24) is 35.3 Å². The van der Waals surface area contributed by atoms with Crippen LogP contribution in [0.15, 0.2) is 48.5 Å². The van der Waals surface area contributed by atoms with Gasteiger partial charge in [-0.25, -0.2) is 13.9 Å². The van der Waals surface area contributed by atoms with Gasteiger partial charge in [-0.3, -0.25) is 9.59 Å². The highest BCUT2D eigenvalue weighted by Crippen LogP contribution is 2.23. The Morgan fingerprint density at radius 1 is 0.977 bits per heavy atom. The Hall–Kier alpha value is -4.35. The largest absolute Gasteiger partial charge is 0.342 e. The number of tetrazole rings is 1. The van der Waals surface area contributed by atoms with Gasteiger partial charge in [0.2, 0.25) is 11.8 Å².